The topological polar surface area (TPSA) is 62.3 Å². The number of nitrogens with zero attached hydrogens (tertiary/aromatic N) is 3. The molecule has 0 aliphatic carbocycles. The molecule has 0 bridgehead atoms. The van der Waals surface area contributed by atoms with Gasteiger partial charge in [0.1, 0.15) is 0 Å². The van der Waals surface area contributed by atoms with Gasteiger partial charge in [-0.1, -0.05) is 0 Å². The van der Waals surface area contributed by atoms with Gasteiger partial charge in [-0.25, -0.2) is 5.06 Å². The van der Waals surface area contributed by atoms with Gasteiger partial charge < -0.3 is 9.64 Å². The van der Waals surface area contributed by atoms with Gasteiger partial charge in [-0.3, -0.25) is 19.3 Å². The Hall–Kier alpha value is -1.18. The highest BCUT2D eigenvalue weighted by Gasteiger charge is 2.33. The van der Waals surface area contributed by atoms with Gasteiger partial charge in [-0.2, -0.15) is 0 Å². The van der Waals surface area contributed by atoms with Crippen LogP contribution in [0.3, 0.4) is 0 Å². The van der Waals surface area contributed by atoms with Gasteiger partial charge in [0.05, 0.1) is 25.7 Å². The number of carbonyl (C=O) groups is 2. The lowest BCUT2D eigenvalue weighted by atomic mass is 9.96. The number of hydrogen-bond acceptors (Lipinski definition) is 5. The zero-order valence-electron chi connectivity index (χ0n) is 13.7. The summed E-state index contributed by atoms with van der Waals surface area (Å²) in [5.41, 5.74) is 0. The minimum absolute atomic E-state index is 0.0496. The maximum atomic E-state index is 12.5. The lowest BCUT2D eigenvalue weighted by molar-refractivity contribution is -0.202. The zero-order chi connectivity index (χ0) is 16.1. The number of hydroxylamine groups is 2. The molecule has 3 fully saturated rings. The summed E-state index contributed by atoms with van der Waals surface area (Å²) in [4.78, 5) is 34.3. The molecule has 130 valence electrons. The Kier molecular flexibility index (Phi) is 5.85. The summed E-state index contributed by atoms with van der Waals surface area (Å²) in [6.45, 7) is 6.76. The molecule has 3 rings (SSSR count). The molecule has 0 spiro atoms. The van der Waals surface area contributed by atoms with E-state index >= 15 is 0 Å². The molecule has 1 atom stereocenters. The highest BCUT2D eigenvalue weighted by molar-refractivity contribution is 5.83. The number of likely N-dealkylation sites (tertiary alicyclic amines) is 1. The predicted octanol–water partition coefficient (Wildman–Crippen LogP) is 0.111. The Morgan fingerprint density at radius 3 is 2.65 bits per heavy atom. The lowest BCUT2D eigenvalue weighted by Gasteiger charge is -2.36. The first-order valence-corrected chi connectivity index (χ1v) is 8.76. The van der Waals surface area contributed by atoms with Crippen molar-refractivity contribution in [3.8, 4) is 0 Å². The molecule has 3 aliphatic heterocycles. The van der Waals surface area contributed by atoms with E-state index in [4.69, 9.17) is 9.57 Å². The summed E-state index contributed by atoms with van der Waals surface area (Å²) < 4.78 is 5.34. The van der Waals surface area contributed by atoms with Crippen LogP contribution in [0.2, 0.25) is 0 Å². The van der Waals surface area contributed by atoms with E-state index in [0.29, 0.717) is 39.1 Å². The smallest absolute Gasteiger partial charge is 0.251 e. The first kappa shape index (κ1) is 16.7. The fraction of sp³-hybridized carbons (Fsp3) is 0.875. The third-order valence-electron chi connectivity index (χ3n) is 4.89. The molecular weight excluding hydrogens is 298 g/mol. The van der Waals surface area contributed by atoms with Crippen molar-refractivity contribution in [2.45, 2.75) is 25.7 Å². The minimum Gasteiger partial charge on any atom is -0.379 e. The molecule has 2 amide bonds. The van der Waals surface area contributed by atoms with Crippen LogP contribution in [0.1, 0.15) is 25.7 Å². The molecule has 0 aromatic heterocycles. The molecule has 3 heterocycles. The van der Waals surface area contributed by atoms with Gasteiger partial charge in [0.15, 0.2) is 0 Å². The number of hydrogen-bond donors (Lipinski definition) is 0. The van der Waals surface area contributed by atoms with E-state index in [1.165, 1.54) is 5.06 Å². The summed E-state index contributed by atoms with van der Waals surface area (Å²) in [6.07, 6.45) is 3.12. The third-order valence-corrected chi connectivity index (χ3v) is 4.89. The van der Waals surface area contributed by atoms with Crippen LogP contribution in [0.25, 0.3) is 0 Å². The Morgan fingerprint density at radius 2 is 1.91 bits per heavy atom. The van der Waals surface area contributed by atoms with Crippen LogP contribution in [0, 0.1) is 5.92 Å². The van der Waals surface area contributed by atoms with Gasteiger partial charge in [-0.05, 0) is 19.3 Å². The van der Waals surface area contributed by atoms with Crippen LogP contribution in [0.15, 0.2) is 0 Å². The van der Waals surface area contributed by atoms with Crippen LogP contribution in [0.5, 0.6) is 0 Å². The average Bonchev–Trinajstić information content (AvgIpc) is 2.62. The van der Waals surface area contributed by atoms with Crippen molar-refractivity contribution < 1.29 is 19.2 Å². The summed E-state index contributed by atoms with van der Waals surface area (Å²) in [5, 5.41) is 1.52. The summed E-state index contributed by atoms with van der Waals surface area (Å²) in [5.74, 6) is 0.103. The van der Waals surface area contributed by atoms with E-state index in [1.54, 1.807) is 0 Å². The summed E-state index contributed by atoms with van der Waals surface area (Å²) in [7, 11) is 0. The molecule has 0 aromatic rings. The highest BCUT2D eigenvalue weighted by Crippen LogP contribution is 2.21. The number of carbonyl (C=O) groups excluding carboxylic acids is 2. The molecule has 3 saturated heterocycles. The highest BCUT2D eigenvalue weighted by atomic mass is 16.7. The zero-order valence-corrected chi connectivity index (χ0v) is 13.7. The SMILES string of the molecule is O=C1CC[C@@H](C(=O)N2CCCCO2)CN1CCN1CCOCC1. The number of ether oxygens (including phenoxy) is 1. The standard InChI is InChI=1S/C16H27N3O4/c20-15-4-3-14(16(21)19-5-1-2-10-23-19)13-18(15)7-6-17-8-11-22-12-9-17/h14H,1-13H2/t14-/m1/s1. The van der Waals surface area contributed by atoms with E-state index in [-0.39, 0.29) is 17.7 Å². The molecule has 0 aromatic carbocycles. The molecule has 0 N–H and O–H groups in total. The third kappa shape index (κ3) is 4.43. The van der Waals surface area contributed by atoms with Crippen molar-refractivity contribution in [3.63, 3.8) is 0 Å². The van der Waals surface area contributed by atoms with Crippen LogP contribution >= 0.6 is 0 Å². The van der Waals surface area contributed by atoms with E-state index in [0.717, 1.165) is 45.7 Å². The normalized spacial score (nSPS) is 27.3. The number of morpholine rings is 1. The molecule has 7 nitrogen and oxygen atoms in total. The largest absolute Gasteiger partial charge is 0.379 e. The van der Waals surface area contributed by atoms with E-state index in [1.807, 2.05) is 4.90 Å². The molecule has 3 aliphatic rings. The lowest BCUT2D eigenvalue weighted by Crippen LogP contribution is -2.50. The van der Waals surface area contributed by atoms with Gasteiger partial charge in [-0.15, -0.1) is 0 Å². The Morgan fingerprint density at radius 1 is 1.09 bits per heavy atom. The van der Waals surface area contributed by atoms with Gasteiger partial charge >= 0.3 is 0 Å². The Balaban J connectivity index is 1.49. The molecule has 7 heteroatoms. The van der Waals surface area contributed by atoms with Crippen LogP contribution < -0.4 is 0 Å². The second kappa shape index (κ2) is 8.08. The second-order valence-electron chi connectivity index (χ2n) is 6.51. The van der Waals surface area contributed by atoms with Crippen molar-refractivity contribution in [2.24, 2.45) is 5.92 Å². The van der Waals surface area contributed by atoms with Gasteiger partial charge in [0, 0.05) is 45.7 Å². The molecule has 0 unspecified atom stereocenters. The quantitative estimate of drug-likeness (QED) is 0.734. The van der Waals surface area contributed by atoms with Gasteiger partial charge in [0.25, 0.3) is 5.91 Å². The summed E-state index contributed by atoms with van der Waals surface area (Å²) >= 11 is 0. The Labute approximate surface area is 137 Å². The van der Waals surface area contributed by atoms with Crippen LogP contribution in [0.4, 0.5) is 0 Å². The molecule has 0 radical (unpaired) electrons. The van der Waals surface area contributed by atoms with Crippen LogP contribution in [-0.2, 0) is 19.2 Å². The van der Waals surface area contributed by atoms with E-state index in [2.05, 4.69) is 4.90 Å². The summed E-state index contributed by atoms with van der Waals surface area (Å²) in [6, 6.07) is 0. The van der Waals surface area contributed by atoms with Crippen molar-refractivity contribution in [1.82, 2.24) is 14.9 Å². The van der Waals surface area contributed by atoms with Crippen LogP contribution in [-0.4, -0.2) is 85.8 Å². The van der Waals surface area contributed by atoms with Gasteiger partial charge in [0.2, 0.25) is 5.91 Å². The predicted molar refractivity (Wildman–Crippen MR) is 83.5 cm³/mol. The fourth-order valence-electron chi connectivity index (χ4n) is 3.39. The van der Waals surface area contributed by atoms with Crippen molar-refractivity contribution in [3.05, 3.63) is 0 Å². The average molecular weight is 325 g/mol. The van der Waals surface area contributed by atoms with Crippen molar-refractivity contribution in [1.29, 1.82) is 0 Å². The second-order valence-corrected chi connectivity index (χ2v) is 6.51. The molecule has 0 saturated carbocycles. The Bertz CT molecular complexity index is 420. The minimum atomic E-state index is -0.115. The maximum absolute atomic E-state index is 12.5. The number of piperidine rings is 1. The maximum Gasteiger partial charge on any atom is 0.251 e. The number of rotatable bonds is 4. The molecular formula is C16H27N3O4. The first-order chi connectivity index (χ1) is 11.2. The van der Waals surface area contributed by atoms with E-state index in [9.17, 15) is 9.59 Å². The first-order valence-electron chi connectivity index (χ1n) is 8.76. The monoisotopic (exact) mass is 325 g/mol. The van der Waals surface area contributed by atoms with Crippen molar-refractivity contribution >= 4 is 11.8 Å². The fourth-order valence-corrected chi connectivity index (χ4v) is 3.39. The molecule has 23 heavy (non-hydrogen) atoms. The number of amides is 2. The van der Waals surface area contributed by atoms with E-state index < -0.39 is 0 Å². The van der Waals surface area contributed by atoms with Crippen molar-refractivity contribution in [2.75, 3.05) is 59.1 Å².